The molecule has 3 heterocycles. The lowest BCUT2D eigenvalue weighted by molar-refractivity contribution is -0.0610. The maximum atomic E-state index is 13.7. The molecule has 1 amide bonds. The van der Waals surface area contributed by atoms with Crippen LogP contribution in [0.1, 0.15) is 43.8 Å². The number of nitrogens with zero attached hydrogens (tertiary/aromatic N) is 4. The molecular formula is C35H40N5O7PSi. The van der Waals surface area contributed by atoms with Gasteiger partial charge in [-0.1, -0.05) is 99.6 Å². The van der Waals surface area contributed by atoms with Crippen LogP contribution in [-0.2, 0) is 22.8 Å². The molecule has 0 spiro atoms. The molecule has 1 aliphatic rings. The SMILES string of the molecule is COP(=O)(OC)[C@@H](O)[C@H]1O[C@@H](n2cnc3c(NC(=O)c4ccccc4)ncnc32)C[C@@H]1O[Si](c1ccccc1)(c1ccccc1)C(C)(C)C. The molecule has 2 aromatic heterocycles. The number of fused-ring (bicyclic) bond motifs is 1. The number of aliphatic hydroxyl groups excluding tert-OH is 1. The minimum atomic E-state index is -4.05. The van der Waals surface area contributed by atoms with Crippen LogP contribution in [0.4, 0.5) is 5.82 Å². The highest BCUT2D eigenvalue weighted by molar-refractivity contribution is 7.54. The van der Waals surface area contributed by atoms with Crippen LogP contribution in [0.2, 0.25) is 5.04 Å². The van der Waals surface area contributed by atoms with Crippen LogP contribution in [0.3, 0.4) is 0 Å². The lowest BCUT2D eigenvalue weighted by Crippen LogP contribution is -2.68. The van der Waals surface area contributed by atoms with Crippen molar-refractivity contribution < 1.29 is 32.7 Å². The second-order valence-corrected chi connectivity index (χ2v) is 19.4. The molecule has 5 aromatic rings. The Morgan fingerprint density at radius 3 is 2.06 bits per heavy atom. The summed E-state index contributed by atoms with van der Waals surface area (Å²) >= 11 is 0. The molecule has 1 saturated heterocycles. The van der Waals surface area contributed by atoms with Gasteiger partial charge in [0.05, 0.1) is 12.4 Å². The van der Waals surface area contributed by atoms with E-state index >= 15 is 0 Å². The van der Waals surface area contributed by atoms with Gasteiger partial charge in [-0.25, -0.2) is 15.0 Å². The summed E-state index contributed by atoms with van der Waals surface area (Å²) < 4.78 is 39.8. The van der Waals surface area contributed by atoms with Gasteiger partial charge in [0.2, 0.25) is 0 Å². The summed E-state index contributed by atoms with van der Waals surface area (Å²) in [4.78, 5) is 26.2. The highest BCUT2D eigenvalue weighted by atomic mass is 31.2. The molecule has 0 radical (unpaired) electrons. The summed E-state index contributed by atoms with van der Waals surface area (Å²) in [5, 5.41) is 16.2. The molecule has 3 aromatic carbocycles. The Balaban J connectivity index is 1.42. The predicted molar refractivity (Wildman–Crippen MR) is 188 cm³/mol. The van der Waals surface area contributed by atoms with Gasteiger partial charge < -0.3 is 28.6 Å². The molecule has 1 fully saturated rings. The maximum Gasteiger partial charge on any atom is 0.361 e. The molecule has 1 aliphatic heterocycles. The van der Waals surface area contributed by atoms with Gasteiger partial charge >= 0.3 is 7.60 Å². The van der Waals surface area contributed by atoms with Gasteiger partial charge in [-0.15, -0.1) is 0 Å². The van der Waals surface area contributed by atoms with Gasteiger partial charge in [-0.2, -0.15) is 0 Å². The first-order valence-corrected chi connectivity index (χ1v) is 19.4. The average molecular weight is 702 g/mol. The van der Waals surface area contributed by atoms with Crippen molar-refractivity contribution in [3.63, 3.8) is 0 Å². The number of anilines is 1. The lowest BCUT2D eigenvalue weighted by Gasteiger charge is -2.45. The second kappa shape index (κ2) is 14.0. The Bertz CT molecular complexity index is 1890. The van der Waals surface area contributed by atoms with E-state index in [0.29, 0.717) is 16.7 Å². The third-order valence-corrected chi connectivity index (χ3v) is 15.9. The number of rotatable bonds is 11. The first kappa shape index (κ1) is 34.8. The number of aromatic nitrogens is 4. The van der Waals surface area contributed by atoms with E-state index in [4.69, 9.17) is 18.2 Å². The van der Waals surface area contributed by atoms with E-state index in [0.717, 1.165) is 10.4 Å². The lowest BCUT2D eigenvalue weighted by atomic mass is 10.2. The molecule has 6 rings (SSSR count). The fourth-order valence-corrected chi connectivity index (χ4v) is 12.4. The molecule has 12 nitrogen and oxygen atoms in total. The molecule has 14 heteroatoms. The molecule has 0 saturated carbocycles. The zero-order chi connectivity index (χ0) is 34.8. The normalized spacial score (nSPS) is 19.2. The maximum absolute atomic E-state index is 13.7. The minimum Gasteiger partial charge on any atom is -0.402 e. The van der Waals surface area contributed by atoms with Crippen LogP contribution >= 0.6 is 7.60 Å². The fourth-order valence-electron chi connectivity index (χ4n) is 6.53. The van der Waals surface area contributed by atoms with E-state index in [2.05, 4.69) is 65.3 Å². The molecule has 4 atom stereocenters. The summed E-state index contributed by atoms with van der Waals surface area (Å²) in [7, 11) is -4.76. The Morgan fingerprint density at radius 2 is 1.51 bits per heavy atom. The largest absolute Gasteiger partial charge is 0.402 e. The number of aliphatic hydroxyl groups is 1. The Hall–Kier alpha value is -4.07. The van der Waals surface area contributed by atoms with Gasteiger partial charge in [0.15, 0.2) is 22.8 Å². The number of hydrogen-bond donors (Lipinski definition) is 2. The zero-order valence-electron chi connectivity index (χ0n) is 28.0. The van der Waals surface area contributed by atoms with Crippen LogP contribution in [0.15, 0.2) is 104 Å². The molecule has 256 valence electrons. The van der Waals surface area contributed by atoms with E-state index in [-0.39, 0.29) is 18.1 Å². The van der Waals surface area contributed by atoms with Crippen LogP contribution in [0.25, 0.3) is 11.2 Å². The molecule has 49 heavy (non-hydrogen) atoms. The predicted octanol–water partition coefficient (Wildman–Crippen LogP) is 5.12. The van der Waals surface area contributed by atoms with Gasteiger partial charge in [0.1, 0.15) is 18.7 Å². The van der Waals surface area contributed by atoms with Crippen molar-refractivity contribution in [3.8, 4) is 0 Å². The Labute approximate surface area is 286 Å². The minimum absolute atomic E-state index is 0.232. The number of hydrogen-bond acceptors (Lipinski definition) is 10. The summed E-state index contributed by atoms with van der Waals surface area (Å²) in [5.74, 6) is -1.79. The summed E-state index contributed by atoms with van der Waals surface area (Å²) in [6, 6.07) is 29.0. The number of carbonyl (C=O) groups excluding carboxylic acids is 1. The average Bonchev–Trinajstić information content (AvgIpc) is 3.75. The number of amides is 1. The van der Waals surface area contributed by atoms with Gasteiger partial charge in [-0.05, 0) is 27.5 Å². The van der Waals surface area contributed by atoms with Crippen molar-refractivity contribution in [1.82, 2.24) is 19.5 Å². The van der Waals surface area contributed by atoms with Crippen molar-refractivity contribution in [2.24, 2.45) is 0 Å². The van der Waals surface area contributed by atoms with E-state index in [9.17, 15) is 14.5 Å². The number of carbonyl (C=O) groups is 1. The third kappa shape index (κ3) is 6.51. The number of benzene rings is 3. The van der Waals surface area contributed by atoms with Crippen molar-refractivity contribution in [3.05, 3.63) is 109 Å². The standard InChI is InChI=1S/C35H40N5O7PSi/c1-35(2,3)49(25-17-11-7-12-18-25,26-19-13-8-14-20-26)47-27-21-28(46-30(27)34(42)48(43,44-4)45-5)40-23-38-29-31(36-22-37-32(29)40)39-33(41)24-15-9-6-10-16-24/h6-20,22-23,27-28,30,34,42H,21H2,1-5H3,(H,36,37,39,41)/t27-,28+,30-,34+/m0/s1. The Kier molecular flexibility index (Phi) is 9.97. The third-order valence-electron chi connectivity index (χ3n) is 8.92. The van der Waals surface area contributed by atoms with Gasteiger partial charge in [0, 0.05) is 26.2 Å². The smallest absolute Gasteiger partial charge is 0.361 e. The van der Waals surface area contributed by atoms with Gasteiger partial charge in [0.25, 0.3) is 14.2 Å². The quantitative estimate of drug-likeness (QED) is 0.141. The van der Waals surface area contributed by atoms with Crippen molar-refractivity contribution in [1.29, 1.82) is 0 Å². The highest BCUT2D eigenvalue weighted by Crippen LogP contribution is 2.55. The molecular weight excluding hydrogens is 661 g/mol. The van der Waals surface area contributed by atoms with Gasteiger partial charge in [-0.3, -0.25) is 13.9 Å². The zero-order valence-corrected chi connectivity index (χ0v) is 29.9. The Morgan fingerprint density at radius 1 is 0.939 bits per heavy atom. The fraction of sp³-hybridized carbons (Fsp3) is 0.314. The molecule has 0 aliphatic carbocycles. The van der Waals surface area contributed by atoms with E-state index in [1.54, 1.807) is 35.2 Å². The summed E-state index contributed by atoms with van der Waals surface area (Å²) in [6.45, 7) is 6.45. The number of nitrogens with one attached hydrogen (secondary N) is 1. The highest BCUT2D eigenvalue weighted by Gasteiger charge is 2.57. The van der Waals surface area contributed by atoms with Crippen molar-refractivity contribution in [2.45, 2.75) is 56.5 Å². The molecule has 0 unspecified atom stereocenters. The monoisotopic (exact) mass is 701 g/mol. The first-order valence-electron chi connectivity index (χ1n) is 15.9. The second-order valence-electron chi connectivity index (χ2n) is 12.8. The van der Waals surface area contributed by atoms with Crippen LogP contribution in [-0.4, -0.2) is 71.1 Å². The number of imidazole rings is 1. The van der Waals surface area contributed by atoms with E-state index in [1.165, 1.54) is 20.5 Å². The van der Waals surface area contributed by atoms with Crippen molar-refractivity contribution in [2.75, 3.05) is 19.5 Å². The summed E-state index contributed by atoms with van der Waals surface area (Å²) in [5.41, 5.74) is 1.21. The topological polar surface area (TPSA) is 147 Å². The summed E-state index contributed by atoms with van der Waals surface area (Å²) in [6.07, 6.45) is 0.449. The van der Waals surface area contributed by atoms with Crippen LogP contribution in [0.5, 0.6) is 0 Å². The first-order chi connectivity index (χ1) is 23.5. The van der Waals surface area contributed by atoms with Crippen LogP contribution in [0, 0.1) is 0 Å². The molecule has 2 N–H and O–H groups in total. The van der Waals surface area contributed by atoms with E-state index < -0.39 is 45.2 Å². The van der Waals surface area contributed by atoms with E-state index in [1.807, 2.05) is 42.5 Å². The number of ether oxygens (including phenoxy) is 1. The van der Waals surface area contributed by atoms with Crippen LogP contribution < -0.4 is 15.7 Å². The van der Waals surface area contributed by atoms with Crippen molar-refractivity contribution >= 4 is 49.2 Å². The molecule has 0 bridgehead atoms.